The lowest BCUT2D eigenvalue weighted by Gasteiger charge is -2.03. The minimum Gasteiger partial charge on any atom is -0.394 e. The average Bonchev–Trinajstić information content (AvgIpc) is 1.87. The van der Waals surface area contributed by atoms with Crippen LogP contribution in [0, 0.1) is 0 Å². The third-order valence-electron chi connectivity index (χ3n) is 1.17. The highest BCUT2D eigenvalue weighted by Crippen LogP contribution is 1.98. The van der Waals surface area contributed by atoms with Gasteiger partial charge in [-0.3, -0.25) is 4.79 Å². The van der Waals surface area contributed by atoms with Crippen LogP contribution in [0.3, 0.4) is 0 Å². The predicted molar refractivity (Wildman–Crippen MR) is 36.1 cm³/mol. The zero-order valence-corrected chi connectivity index (χ0v) is 5.79. The van der Waals surface area contributed by atoms with Gasteiger partial charge in [0, 0.05) is 6.42 Å². The zero-order chi connectivity index (χ0) is 7.98. The largest absolute Gasteiger partial charge is 0.394 e. The molecule has 4 N–H and O–H groups in total. The van der Waals surface area contributed by atoms with Crippen molar-refractivity contribution in [1.82, 2.24) is 0 Å². The van der Waals surface area contributed by atoms with Crippen molar-refractivity contribution in [2.75, 3.05) is 6.61 Å². The predicted octanol–water partition coefficient (Wildman–Crippen LogP) is -1.00. The third-order valence-corrected chi connectivity index (χ3v) is 1.17. The van der Waals surface area contributed by atoms with Gasteiger partial charge >= 0.3 is 0 Å². The van der Waals surface area contributed by atoms with Gasteiger partial charge in [0.05, 0.1) is 12.7 Å². The fourth-order valence-corrected chi connectivity index (χ4v) is 0.603. The van der Waals surface area contributed by atoms with E-state index in [0.717, 1.165) is 0 Å². The number of nitrogens with two attached hydrogens (primary N) is 1. The molecular weight excluding hydrogens is 134 g/mol. The standard InChI is InChI=1S/C6H13NO3/c7-6(10)3-1-2-5(9)4-8/h5,8-9H,1-4H2,(H2,7,10). The summed E-state index contributed by atoms with van der Waals surface area (Å²) >= 11 is 0. The number of carbonyl (C=O) groups is 1. The fourth-order valence-electron chi connectivity index (χ4n) is 0.603. The molecule has 0 aliphatic heterocycles. The number of hydrogen-bond acceptors (Lipinski definition) is 3. The van der Waals surface area contributed by atoms with E-state index in [1.165, 1.54) is 0 Å². The fraction of sp³-hybridized carbons (Fsp3) is 0.833. The Kier molecular flexibility index (Phi) is 4.88. The molecule has 0 aromatic rings. The van der Waals surface area contributed by atoms with Gasteiger partial charge in [-0.15, -0.1) is 0 Å². The molecule has 0 fully saturated rings. The number of carbonyl (C=O) groups excluding carboxylic acids is 1. The van der Waals surface area contributed by atoms with Crippen molar-refractivity contribution in [2.24, 2.45) is 5.73 Å². The summed E-state index contributed by atoms with van der Waals surface area (Å²) in [7, 11) is 0. The Labute approximate surface area is 59.7 Å². The van der Waals surface area contributed by atoms with Crippen LogP contribution in [-0.2, 0) is 4.79 Å². The molecule has 0 heterocycles. The molecule has 0 aromatic carbocycles. The van der Waals surface area contributed by atoms with Crippen molar-refractivity contribution in [3.05, 3.63) is 0 Å². The van der Waals surface area contributed by atoms with Crippen LogP contribution < -0.4 is 5.73 Å². The van der Waals surface area contributed by atoms with Crippen LogP contribution in [0.25, 0.3) is 0 Å². The van der Waals surface area contributed by atoms with E-state index < -0.39 is 6.10 Å². The summed E-state index contributed by atoms with van der Waals surface area (Å²) in [4.78, 5) is 10.1. The van der Waals surface area contributed by atoms with Crippen LogP contribution in [0.5, 0.6) is 0 Å². The Morgan fingerprint density at radius 2 is 2.20 bits per heavy atom. The van der Waals surface area contributed by atoms with Gasteiger partial charge in [-0.05, 0) is 12.8 Å². The smallest absolute Gasteiger partial charge is 0.217 e. The molecule has 1 amide bonds. The van der Waals surface area contributed by atoms with E-state index in [0.29, 0.717) is 12.8 Å². The SMILES string of the molecule is NC(=O)CCCC(O)CO. The zero-order valence-electron chi connectivity index (χ0n) is 5.79. The number of amides is 1. The normalized spacial score (nSPS) is 13.0. The highest BCUT2D eigenvalue weighted by Gasteiger charge is 2.01. The first-order chi connectivity index (χ1) is 4.66. The van der Waals surface area contributed by atoms with E-state index in [2.05, 4.69) is 0 Å². The maximum Gasteiger partial charge on any atom is 0.217 e. The van der Waals surface area contributed by atoms with E-state index in [-0.39, 0.29) is 18.9 Å². The summed E-state index contributed by atoms with van der Waals surface area (Å²) in [6.45, 7) is -0.251. The lowest BCUT2D eigenvalue weighted by molar-refractivity contribution is -0.118. The quantitative estimate of drug-likeness (QED) is 0.466. The topological polar surface area (TPSA) is 83.6 Å². The molecule has 1 unspecified atom stereocenters. The third kappa shape index (κ3) is 5.53. The van der Waals surface area contributed by atoms with Crippen LogP contribution in [0.4, 0.5) is 0 Å². The number of aliphatic hydroxyl groups excluding tert-OH is 2. The van der Waals surface area contributed by atoms with Crippen LogP contribution in [-0.4, -0.2) is 28.8 Å². The highest BCUT2D eigenvalue weighted by molar-refractivity contribution is 5.73. The van der Waals surface area contributed by atoms with Crippen molar-refractivity contribution in [1.29, 1.82) is 0 Å². The molecule has 0 radical (unpaired) electrons. The first-order valence-electron chi connectivity index (χ1n) is 3.24. The van der Waals surface area contributed by atoms with Crippen molar-refractivity contribution in [3.8, 4) is 0 Å². The lowest BCUT2D eigenvalue weighted by atomic mass is 10.1. The number of primary amides is 1. The molecule has 60 valence electrons. The molecule has 10 heavy (non-hydrogen) atoms. The minimum absolute atomic E-state index is 0.251. The Bertz CT molecular complexity index is 105. The second-order valence-electron chi connectivity index (χ2n) is 2.19. The van der Waals surface area contributed by atoms with E-state index in [1.807, 2.05) is 0 Å². The van der Waals surface area contributed by atoms with E-state index in [9.17, 15) is 4.79 Å². The minimum atomic E-state index is -0.709. The highest BCUT2D eigenvalue weighted by atomic mass is 16.3. The Balaban J connectivity index is 3.11. The molecule has 0 aliphatic carbocycles. The molecule has 4 heteroatoms. The molecule has 0 aromatic heterocycles. The van der Waals surface area contributed by atoms with Crippen LogP contribution >= 0.6 is 0 Å². The summed E-state index contributed by atoms with van der Waals surface area (Å²) in [5.74, 6) is -0.370. The van der Waals surface area contributed by atoms with Gasteiger partial charge in [-0.25, -0.2) is 0 Å². The summed E-state index contributed by atoms with van der Waals surface area (Å²) in [6.07, 6.45) is 0.535. The molecule has 0 rings (SSSR count). The first kappa shape index (κ1) is 9.39. The van der Waals surface area contributed by atoms with E-state index >= 15 is 0 Å². The van der Waals surface area contributed by atoms with Crippen molar-refractivity contribution in [3.63, 3.8) is 0 Å². The van der Waals surface area contributed by atoms with Crippen molar-refractivity contribution < 1.29 is 15.0 Å². The van der Waals surface area contributed by atoms with Crippen LogP contribution in [0.2, 0.25) is 0 Å². The van der Waals surface area contributed by atoms with Gasteiger partial charge in [0.2, 0.25) is 5.91 Å². The summed E-state index contributed by atoms with van der Waals surface area (Å²) < 4.78 is 0. The maximum absolute atomic E-state index is 10.1. The first-order valence-corrected chi connectivity index (χ1v) is 3.24. The Hall–Kier alpha value is -0.610. The second kappa shape index (κ2) is 5.20. The molecular formula is C6H13NO3. The Morgan fingerprint density at radius 1 is 1.60 bits per heavy atom. The summed E-state index contributed by atoms with van der Waals surface area (Å²) in [5.41, 5.74) is 4.84. The lowest BCUT2D eigenvalue weighted by Crippen LogP contribution is -2.14. The van der Waals surface area contributed by atoms with Gasteiger partial charge < -0.3 is 15.9 Å². The van der Waals surface area contributed by atoms with Crippen LogP contribution in [0.15, 0.2) is 0 Å². The summed E-state index contributed by atoms with van der Waals surface area (Å²) in [5, 5.41) is 17.1. The molecule has 0 bridgehead atoms. The maximum atomic E-state index is 10.1. The molecule has 0 saturated heterocycles. The van der Waals surface area contributed by atoms with Crippen molar-refractivity contribution in [2.45, 2.75) is 25.4 Å². The molecule has 0 aliphatic rings. The molecule has 0 saturated carbocycles. The molecule has 1 atom stereocenters. The number of aliphatic hydroxyl groups is 2. The van der Waals surface area contributed by atoms with Gasteiger partial charge in [0.15, 0.2) is 0 Å². The number of rotatable bonds is 5. The monoisotopic (exact) mass is 147 g/mol. The van der Waals surface area contributed by atoms with Gasteiger partial charge in [0.1, 0.15) is 0 Å². The van der Waals surface area contributed by atoms with Crippen LogP contribution in [0.1, 0.15) is 19.3 Å². The molecule has 4 nitrogen and oxygen atoms in total. The Morgan fingerprint density at radius 3 is 2.60 bits per heavy atom. The molecule has 0 spiro atoms. The summed E-state index contributed by atoms with van der Waals surface area (Å²) in [6, 6.07) is 0. The van der Waals surface area contributed by atoms with E-state index in [4.69, 9.17) is 15.9 Å². The van der Waals surface area contributed by atoms with Crippen molar-refractivity contribution >= 4 is 5.91 Å². The van der Waals surface area contributed by atoms with Gasteiger partial charge in [0.25, 0.3) is 0 Å². The average molecular weight is 147 g/mol. The number of hydrogen-bond donors (Lipinski definition) is 3. The van der Waals surface area contributed by atoms with Gasteiger partial charge in [-0.1, -0.05) is 0 Å². The van der Waals surface area contributed by atoms with E-state index in [1.54, 1.807) is 0 Å². The van der Waals surface area contributed by atoms with Gasteiger partial charge in [-0.2, -0.15) is 0 Å². The second-order valence-corrected chi connectivity index (χ2v) is 2.19.